The predicted molar refractivity (Wildman–Crippen MR) is 306 cm³/mol. The highest BCUT2D eigenvalue weighted by atomic mass is 33.1. The number of para-hydroxylation sites is 2. The zero-order valence-corrected chi connectivity index (χ0v) is 46.0. The summed E-state index contributed by atoms with van der Waals surface area (Å²) in [4.78, 5) is 64.9. The van der Waals surface area contributed by atoms with Gasteiger partial charge >= 0.3 is 0 Å². The number of unbranched alkanes of at least 4 members (excludes halogenated alkanes) is 2. The molecule has 0 saturated heterocycles. The summed E-state index contributed by atoms with van der Waals surface area (Å²) in [7, 11) is 7.17. The van der Waals surface area contributed by atoms with Crippen molar-refractivity contribution in [2.24, 2.45) is 4.99 Å². The van der Waals surface area contributed by atoms with Gasteiger partial charge in [-0.05, 0) is 167 Å². The van der Waals surface area contributed by atoms with Crippen LogP contribution in [0.5, 0.6) is 17.2 Å². The standard InChI is InChI=1S/C61H71N5O7S2/c1-7-62-26-14-8-9-18-49(67)19-15-27-74-75-61(3,4)25-24-58(68)63-46-30-41(38-72-55-36-54-51(28-40(55)2)60(70)66-48(37-64(54)5)33-45-17-11-13-21-53(45)66)29-42(31-46)39-73-57-34-43-22-23-47-32-44-16-10-12-20-52(44)65(47)59(69)50(43)35-56(57)71-6/h7,10-13,16-17,20-21,28-31,34-36,47-48H,8-9,14-15,18-19,22-27,32-33,37-39H2,1-6H3,(H,63,68)/t47-,48+/m1/s1. The van der Waals surface area contributed by atoms with Crippen LogP contribution in [0.3, 0.4) is 0 Å². The Balaban J connectivity index is 0.878. The molecule has 5 aromatic carbocycles. The van der Waals surface area contributed by atoms with Crippen LogP contribution in [0.25, 0.3) is 0 Å². The van der Waals surface area contributed by atoms with Gasteiger partial charge < -0.3 is 34.2 Å². The third-order valence-corrected chi connectivity index (χ3v) is 18.3. The van der Waals surface area contributed by atoms with Gasteiger partial charge in [0, 0.05) is 84.6 Å². The Bertz CT molecular complexity index is 2960. The number of hydrogen-bond donors (Lipinski definition) is 1. The molecule has 75 heavy (non-hydrogen) atoms. The van der Waals surface area contributed by atoms with Gasteiger partial charge in [0.2, 0.25) is 5.91 Å². The van der Waals surface area contributed by atoms with Crippen molar-refractivity contribution in [1.29, 1.82) is 0 Å². The molecule has 2 atom stereocenters. The molecular weight excluding hydrogens is 979 g/mol. The quantitative estimate of drug-likeness (QED) is 0.0383. The van der Waals surface area contributed by atoms with E-state index in [0.717, 1.165) is 103 Å². The average Bonchev–Trinajstić information content (AvgIpc) is 3.93. The summed E-state index contributed by atoms with van der Waals surface area (Å²) in [6.07, 6.45) is 11.1. The highest BCUT2D eigenvalue weighted by Crippen LogP contribution is 2.43. The van der Waals surface area contributed by atoms with Crippen molar-refractivity contribution in [3.05, 3.63) is 136 Å². The molecule has 0 fully saturated rings. The van der Waals surface area contributed by atoms with Gasteiger partial charge in [0.15, 0.2) is 11.5 Å². The van der Waals surface area contributed by atoms with Crippen LogP contribution in [0.1, 0.15) is 133 Å². The third-order valence-electron chi connectivity index (χ3n) is 14.8. The van der Waals surface area contributed by atoms with Crippen molar-refractivity contribution in [3.8, 4) is 17.2 Å². The molecule has 9 rings (SSSR count). The van der Waals surface area contributed by atoms with E-state index in [0.29, 0.717) is 72.1 Å². The molecule has 3 amide bonds. The lowest BCUT2D eigenvalue weighted by Gasteiger charge is -2.25. The zero-order chi connectivity index (χ0) is 52.6. The third kappa shape index (κ3) is 12.7. The van der Waals surface area contributed by atoms with Crippen molar-refractivity contribution in [2.45, 2.75) is 135 Å². The van der Waals surface area contributed by atoms with Crippen LogP contribution < -0.4 is 34.2 Å². The number of anilines is 4. The summed E-state index contributed by atoms with van der Waals surface area (Å²) in [5.74, 6) is 2.78. The lowest BCUT2D eigenvalue weighted by Crippen LogP contribution is -2.41. The maximum Gasteiger partial charge on any atom is 0.260 e. The summed E-state index contributed by atoms with van der Waals surface area (Å²) < 4.78 is 18.9. The number of carbonyl (C=O) groups is 4. The summed E-state index contributed by atoms with van der Waals surface area (Å²) in [6, 6.07) is 30.1. The summed E-state index contributed by atoms with van der Waals surface area (Å²) in [6.45, 7) is 10.1. The van der Waals surface area contributed by atoms with Gasteiger partial charge in [-0.15, -0.1) is 0 Å². The maximum atomic E-state index is 14.2. The molecule has 4 heterocycles. The van der Waals surface area contributed by atoms with E-state index in [1.54, 1.807) is 28.7 Å². The minimum Gasteiger partial charge on any atom is -0.493 e. The van der Waals surface area contributed by atoms with Gasteiger partial charge in [-0.1, -0.05) is 64.4 Å². The summed E-state index contributed by atoms with van der Waals surface area (Å²) >= 11 is 0. The van der Waals surface area contributed by atoms with Gasteiger partial charge in [0.25, 0.3) is 11.8 Å². The van der Waals surface area contributed by atoms with E-state index in [4.69, 9.17) is 14.2 Å². The van der Waals surface area contributed by atoms with Gasteiger partial charge in [0.05, 0.1) is 24.4 Å². The van der Waals surface area contributed by atoms with Crippen LogP contribution in [0.2, 0.25) is 0 Å². The number of ether oxygens (including phenoxy) is 3. The number of aryl methyl sites for hydroxylation is 2. The van der Waals surface area contributed by atoms with Crippen LogP contribution in [-0.2, 0) is 42.1 Å². The van der Waals surface area contributed by atoms with Crippen LogP contribution in [0.15, 0.2) is 96.0 Å². The number of methoxy groups -OCH3 is 1. The maximum absolute atomic E-state index is 14.2. The van der Waals surface area contributed by atoms with Crippen LogP contribution in [0, 0.1) is 6.92 Å². The smallest absolute Gasteiger partial charge is 0.260 e. The van der Waals surface area contributed by atoms with Crippen LogP contribution in [-0.4, -0.2) is 79.5 Å². The average molecular weight is 1050 g/mol. The second-order valence-corrected chi connectivity index (χ2v) is 24.1. The second-order valence-electron chi connectivity index (χ2n) is 21.0. The molecule has 0 aromatic heterocycles. The number of rotatable bonds is 23. The van der Waals surface area contributed by atoms with Crippen LogP contribution in [0.4, 0.5) is 22.7 Å². The van der Waals surface area contributed by atoms with Crippen molar-refractivity contribution in [2.75, 3.05) is 53.0 Å². The minimum atomic E-state index is -0.162. The summed E-state index contributed by atoms with van der Waals surface area (Å²) in [5.41, 5.74) is 10.5. The number of carbonyl (C=O) groups excluding carboxylic acids is 4. The number of Topliss-reactive ketones (excluding diaryl/α,β-unsaturated/α-hetero) is 1. The van der Waals surface area contributed by atoms with Crippen molar-refractivity contribution in [1.82, 2.24) is 0 Å². The Morgan fingerprint density at radius 2 is 1.41 bits per heavy atom. The SMILES string of the molecule is CC=NCCCCCC(=O)CCCSSC(C)(C)CCC(=O)Nc1cc(COc2cc3c(cc2C)C(=O)N2c4ccccc4C[C@H]2CN3C)cc(COc2cc3c(cc2OC)C(=O)N2c4ccccc4C[C@H]2CC3)c1. The fraction of sp³-hybridized carbons (Fsp3) is 0.426. The number of aliphatic imine (C=N–C) groups is 1. The van der Waals surface area contributed by atoms with E-state index in [1.807, 2.05) is 116 Å². The van der Waals surface area contributed by atoms with Gasteiger partial charge in [-0.3, -0.25) is 24.2 Å². The monoisotopic (exact) mass is 1050 g/mol. The molecule has 4 aliphatic heterocycles. The van der Waals surface area contributed by atoms with Crippen LogP contribution >= 0.6 is 21.6 Å². The molecule has 0 bridgehead atoms. The highest BCUT2D eigenvalue weighted by Gasteiger charge is 2.40. The largest absolute Gasteiger partial charge is 0.493 e. The molecule has 14 heteroatoms. The normalized spacial score (nSPS) is 16.6. The molecular formula is C61H71N5O7S2. The molecule has 1 N–H and O–H groups in total. The number of nitrogens with one attached hydrogen (secondary N) is 1. The topological polar surface area (TPSA) is 130 Å². The Morgan fingerprint density at radius 1 is 0.747 bits per heavy atom. The fourth-order valence-electron chi connectivity index (χ4n) is 10.9. The molecule has 0 radical (unpaired) electrons. The first-order valence-corrected chi connectivity index (χ1v) is 29.0. The first-order valence-electron chi connectivity index (χ1n) is 26.6. The van der Waals surface area contributed by atoms with Gasteiger partial charge in [0.1, 0.15) is 24.7 Å². The van der Waals surface area contributed by atoms with E-state index in [1.165, 1.54) is 11.1 Å². The molecule has 0 unspecified atom stereocenters. The molecule has 0 saturated carbocycles. The van der Waals surface area contributed by atoms with E-state index < -0.39 is 0 Å². The molecule has 5 aromatic rings. The summed E-state index contributed by atoms with van der Waals surface area (Å²) in [5, 5.41) is 3.18. The van der Waals surface area contributed by atoms with Crippen molar-refractivity contribution in [3.63, 3.8) is 0 Å². The Kier molecular flexibility index (Phi) is 17.3. The number of hydrogen-bond acceptors (Lipinski definition) is 11. The van der Waals surface area contributed by atoms with Crippen molar-refractivity contribution < 1.29 is 33.4 Å². The zero-order valence-electron chi connectivity index (χ0n) is 44.4. The Hall–Kier alpha value is -6.25. The van der Waals surface area contributed by atoms with E-state index in [-0.39, 0.29) is 47.8 Å². The molecule has 0 aliphatic carbocycles. The fourth-order valence-corrected chi connectivity index (χ4v) is 13.6. The van der Waals surface area contributed by atoms with Crippen molar-refractivity contribution >= 4 is 74.1 Å². The molecule has 4 aliphatic rings. The number of nitrogens with zero attached hydrogens (tertiary/aromatic N) is 4. The minimum absolute atomic E-state index is 0.00396. The molecule has 12 nitrogen and oxygen atoms in total. The van der Waals surface area contributed by atoms with E-state index >= 15 is 0 Å². The number of ketones is 1. The Morgan fingerprint density at radius 3 is 2.13 bits per heavy atom. The number of fused-ring (bicyclic) bond motifs is 8. The lowest BCUT2D eigenvalue weighted by atomic mass is 9.99. The number of benzene rings is 5. The van der Waals surface area contributed by atoms with E-state index in [9.17, 15) is 19.2 Å². The van der Waals surface area contributed by atoms with Gasteiger partial charge in [-0.25, -0.2) is 0 Å². The predicted octanol–water partition coefficient (Wildman–Crippen LogP) is 12.6. The first kappa shape index (κ1) is 53.6. The Labute approximate surface area is 450 Å². The van der Waals surface area contributed by atoms with Gasteiger partial charge in [-0.2, -0.15) is 0 Å². The number of amides is 3. The second kappa shape index (κ2) is 24.2. The molecule has 0 spiro atoms. The van der Waals surface area contributed by atoms with E-state index in [2.05, 4.69) is 41.2 Å². The number of likely N-dealkylation sites (N-methyl/N-ethyl adjacent to an activating group) is 1. The highest BCUT2D eigenvalue weighted by molar-refractivity contribution is 8.77. The first-order chi connectivity index (χ1) is 36.3. The molecule has 394 valence electrons. The lowest BCUT2D eigenvalue weighted by molar-refractivity contribution is -0.119.